The van der Waals surface area contributed by atoms with Gasteiger partial charge < -0.3 is 9.47 Å². The number of benzene rings is 10. The van der Waals surface area contributed by atoms with E-state index in [1.807, 2.05) is 0 Å². The van der Waals surface area contributed by atoms with Gasteiger partial charge in [0, 0.05) is 33.2 Å². The average molecular weight is 713 g/mol. The van der Waals surface area contributed by atoms with Crippen LogP contribution in [0, 0.1) is 0 Å². The van der Waals surface area contributed by atoms with Crippen LogP contribution in [0.15, 0.2) is 218 Å². The van der Waals surface area contributed by atoms with Gasteiger partial charge in [-0.1, -0.05) is 170 Å². The lowest BCUT2D eigenvalue weighted by molar-refractivity contribution is 1.18. The second kappa shape index (κ2) is 13.2. The fourth-order valence-corrected chi connectivity index (χ4v) is 8.76. The maximum atomic E-state index is 2.45. The van der Waals surface area contributed by atoms with E-state index < -0.39 is 0 Å². The standard InChI is InChI=1S/C54H36N2/c1-2-14-37(15-3-1)38-28-31-43(32-29-38)55(44-21-12-20-41(34-44)47-26-13-19-39-16-4-7-22-46(39)47)53-36-45(35-42-18-6-8-23-48(42)53)56-51-27-11-10-25-50(51)54-49-24-9-5-17-40(49)30-33-52(54)56/h1-36H. The van der Waals surface area contributed by atoms with Gasteiger partial charge in [0.15, 0.2) is 0 Å². The van der Waals surface area contributed by atoms with Crippen LogP contribution in [-0.4, -0.2) is 4.57 Å². The SMILES string of the molecule is c1ccc(-c2ccc(N(c3cccc(-c4cccc5ccccc45)c3)c3cc(-n4c5ccccc5c5c6ccccc6ccc54)cc4ccccc34)cc2)cc1. The Morgan fingerprint density at radius 3 is 1.75 bits per heavy atom. The van der Waals surface area contributed by atoms with Crippen LogP contribution in [0.1, 0.15) is 0 Å². The van der Waals surface area contributed by atoms with Gasteiger partial charge >= 0.3 is 0 Å². The van der Waals surface area contributed by atoms with Crippen LogP contribution < -0.4 is 4.90 Å². The van der Waals surface area contributed by atoms with Gasteiger partial charge in [-0.3, -0.25) is 0 Å². The molecule has 0 unspecified atom stereocenters. The fourth-order valence-electron chi connectivity index (χ4n) is 8.76. The first kappa shape index (κ1) is 32.0. The molecule has 0 fully saturated rings. The zero-order valence-corrected chi connectivity index (χ0v) is 30.7. The van der Waals surface area contributed by atoms with E-state index in [-0.39, 0.29) is 0 Å². The molecule has 1 aromatic heterocycles. The summed E-state index contributed by atoms with van der Waals surface area (Å²) in [6, 6.07) is 79.6. The molecule has 262 valence electrons. The Morgan fingerprint density at radius 1 is 0.321 bits per heavy atom. The molecular formula is C54H36N2. The highest BCUT2D eigenvalue weighted by Crippen LogP contribution is 2.44. The number of hydrogen-bond acceptors (Lipinski definition) is 1. The highest BCUT2D eigenvalue weighted by molar-refractivity contribution is 6.21. The van der Waals surface area contributed by atoms with E-state index >= 15 is 0 Å². The molecule has 11 rings (SSSR count). The van der Waals surface area contributed by atoms with Gasteiger partial charge in [-0.15, -0.1) is 0 Å². The fraction of sp³-hybridized carbons (Fsp3) is 0. The highest BCUT2D eigenvalue weighted by atomic mass is 15.1. The van der Waals surface area contributed by atoms with Crippen molar-refractivity contribution < 1.29 is 0 Å². The van der Waals surface area contributed by atoms with Crippen LogP contribution in [0.3, 0.4) is 0 Å². The topological polar surface area (TPSA) is 8.17 Å². The monoisotopic (exact) mass is 712 g/mol. The maximum Gasteiger partial charge on any atom is 0.0560 e. The van der Waals surface area contributed by atoms with Crippen LogP contribution in [0.2, 0.25) is 0 Å². The molecule has 0 N–H and O–H groups in total. The Balaban J connectivity index is 1.18. The van der Waals surface area contributed by atoms with Crippen molar-refractivity contribution >= 4 is 71.2 Å². The van der Waals surface area contributed by atoms with E-state index in [1.165, 1.54) is 76.4 Å². The minimum atomic E-state index is 1.09. The summed E-state index contributed by atoms with van der Waals surface area (Å²) in [5.41, 5.74) is 11.6. The number of hydrogen-bond donors (Lipinski definition) is 0. The summed E-state index contributed by atoms with van der Waals surface area (Å²) in [7, 11) is 0. The quantitative estimate of drug-likeness (QED) is 0.167. The largest absolute Gasteiger partial charge is 0.310 e. The number of rotatable bonds is 6. The Hall–Kier alpha value is -7.42. The van der Waals surface area contributed by atoms with Gasteiger partial charge in [0.25, 0.3) is 0 Å². The average Bonchev–Trinajstić information content (AvgIpc) is 3.62. The molecule has 0 spiro atoms. The lowest BCUT2D eigenvalue weighted by Gasteiger charge is -2.28. The minimum absolute atomic E-state index is 1.09. The smallest absolute Gasteiger partial charge is 0.0560 e. The summed E-state index contributed by atoms with van der Waals surface area (Å²) in [6.07, 6.45) is 0. The molecule has 0 aliphatic carbocycles. The lowest BCUT2D eigenvalue weighted by atomic mass is 9.97. The van der Waals surface area contributed by atoms with E-state index in [2.05, 4.69) is 228 Å². The highest BCUT2D eigenvalue weighted by Gasteiger charge is 2.21. The van der Waals surface area contributed by atoms with Crippen LogP contribution in [0.5, 0.6) is 0 Å². The number of anilines is 3. The first-order valence-corrected chi connectivity index (χ1v) is 19.3. The van der Waals surface area contributed by atoms with Crippen molar-refractivity contribution in [3.05, 3.63) is 218 Å². The molecule has 0 atom stereocenters. The molecule has 11 aromatic rings. The molecule has 10 aromatic carbocycles. The van der Waals surface area contributed by atoms with E-state index in [0.717, 1.165) is 22.7 Å². The van der Waals surface area contributed by atoms with Crippen molar-refractivity contribution in [3.8, 4) is 27.9 Å². The van der Waals surface area contributed by atoms with E-state index in [9.17, 15) is 0 Å². The molecule has 1 heterocycles. The van der Waals surface area contributed by atoms with Crippen molar-refractivity contribution in [2.24, 2.45) is 0 Å². The number of fused-ring (bicyclic) bond motifs is 7. The molecule has 0 aliphatic heterocycles. The third-order valence-electron chi connectivity index (χ3n) is 11.3. The van der Waals surface area contributed by atoms with Crippen LogP contribution in [-0.2, 0) is 0 Å². The third kappa shape index (κ3) is 5.26. The molecule has 0 aliphatic rings. The number of nitrogens with zero attached hydrogens (tertiary/aromatic N) is 2. The summed E-state index contributed by atoms with van der Waals surface area (Å²) in [5.74, 6) is 0. The molecule has 0 amide bonds. The number of aromatic nitrogens is 1. The number of para-hydroxylation sites is 1. The van der Waals surface area contributed by atoms with Gasteiger partial charge in [0.05, 0.1) is 16.7 Å². The molecule has 0 bridgehead atoms. The van der Waals surface area contributed by atoms with Crippen molar-refractivity contribution in [1.29, 1.82) is 0 Å². The minimum Gasteiger partial charge on any atom is -0.310 e. The van der Waals surface area contributed by atoms with Gasteiger partial charge in [0.2, 0.25) is 0 Å². The van der Waals surface area contributed by atoms with E-state index in [4.69, 9.17) is 0 Å². The van der Waals surface area contributed by atoms with Crippen LogP contribution in [0.25, 0.3) is 82.1 Å². The lowest BCUT2D eigenvalue weighted by Crippen LogP contribution is -2.11. The molecule has 0 saturated heterocycles. The first-order chi connectivity index (χ1) is 27.8. The van der Waals surface area contributed by atoms with Gasteiger partial charge in [-0.25, -0.2) is 0 Å². The van der Waals surface area contributed by atoms with E-state index in [0.29, 0.717) is 0 Å². The van der Waals surface area contributed by atoms with Crippen LogP contribution in [0.4, 0.5) is 17.1 Å². The summed E-state index contributed by atoms with van der Waals surface area (Å²) in [6.45, 7) is 0. The Morgan fingerprint density at radius 2 is 0.929 bits per heavy atom. The normalized spacial score (nSPS) is 11.6. The zero-order valence-electron chi connectivity index (χ0n) is 30.7. The Kier molecular flexibility index (Phi) is 7.53. The predicted molar refractivity (Wildman–Crippen MR) is 239 cm³/mol. The zero-order chi connectivity index (χ0) is 37.0. The Labute approximate surface area is 325 Å². The Bertz CT molecular complexity index is 3240. The van der Waals surface area contributed by atoms with Crippen molar-refractivity contribution in [3.63, 3.8) is 0 Å². The third-order valence-corrected chi connectivity index (χ3v) is 11.3. The molecular weight excluding hydrogens is 677 g/mol. The maximum absolute atomic E-state index is 2.45. The molecule has 2 heteroatoms. The van der Waals surface area contributed by atoms with Crippen molar-refractivity contribution in [2.75, 3.05) is 4.90 Å². The molecule has 2 nitrogen and oxygen atoms in total. The summed E-state index contributed by atoms with van der Waals surface area (Å²) < 4.78 is 2.45. The van der Waals surface area contributed by atoms with Gasteiger partial charge in [-0.05, 0) is 97.7 Å². The molecule has 0 radical (unpaired) electrons. The van der Waals surface area contributed by atoms with Gasteiger partial charge in [0.1, 0.15) is 0 Å². The molecule has 0 saturated carbocycles. The van der Waals surface area contributed by atoms with Gasteiger partial charge in [-0.2, -0.15) is 0 Å². The predicted octanol–water partition coefficient (Wildman–Crippen LogP) is 15.0. The second-order valence-electron chi connectivity index (χ2n) is 14.5. The van der Waals surface area contributed by atoms with Crippen molar-refractivity contribution in [2.45, 2.75) is 0 Å². The van der Waals surface area contributed by atoms with E-state index in [1.54, 1.807) is 0 Å². The van der Waals surface area contributed by atoms with Crippen LogP contribution >= 0.6 is 0 Å². The van der Waals surface area contributed by atoms with Crippen molar-refractivity contribution in [1.82, 2.24) is 4.57 Å². The summed E-state index contributed by atoms with van der Waals surface area (Å²) >= 11 is 0. The second-order valence-corrected chi connectivity index (χ2v) is 14.5. The first-order valence-electron chi connectivity index (χ1n) is 19.3. The molecule has 56 heavy (non-hydrogen) atoms. The summed E-state index contributed by atoms with van der Waals surface area (Å²) in [5, 5.41) is 9.91. The summed E-state index contributed by atoms with van der Waals surface area (Å²) in [4.78, 5) is 2.44.